The van der Waals surface area contributed by atoms with Crippen molar-refractivity contribution in [3.63, 3.8) is 0 Å². The minimum Gasteiger partial charge on any atom is -0.465 e. The molecule has 0 bridgehead atoms. The van der Waals surface area contributed by atoms with E-state index >= 15 is 0 Å². The third-order valence-electron chi connectivity index (χ3n) is 4.56. The minimum absolute atomic E-state index is 0.0216. The molecule has 0 radical (unpaired) electrons. The second-order valence-corrected chi connectivity index (χ2v) is 6.15. The number of nitrogens with one attached hydrogen (secondary N) is 2. The van der Waals surface area contributed by atoms with Crippen molar-refractivity contribution in [2.45, 2.75) is 45.4 Å². The van der Waals surface area contributed by atoms with E-state index in [1.54, 1.807) is 0 Å². The second kappa shape index (κ2) is 5.47. The zero-order valence-electron chi connectivity index (χ0n) is 13.2. The molecule has 2 aliphatic heterocycles. The summed E-state index contributed by atoms with van der Waals surface area (Å²) >= 11 is 0. The van der Waals surface area contributed by atoms with Crippen LogP contribution in [0.1, 0.15) is 35.6 Å². The first kappa shape index (κ1) is 14.4. The first-order chi connectivity index (χ1) is 11.1. The van der Waals surface area contributed by atoms with Crippen LogP contribution in [0.3, 0.4) is 0 Å². The Bertz CT molecular complexity index is 736. The molecule has 0 saturated carbocycles. The maximum atomic E-state index is 12.7. The monoisotopic (exact) mass is 316 g/mol. The van der Waals surface area contributed by atoms with Crippen LogP contribution >= 0.6 is 0 Å². The molecule has 8 nitrogen and oxygen atoms in total. The van der Waals surface area contributed by atoms with Gasteiger partial charge in [0.1, 0.15) is 23.4 Å². The summed E-state index contributed by atoms with van der Waals surface area (Å²) in [4.78, 5) is 14.6. The molecule has 8 heteroatoms. The molecule has 2 aromatic heterocycles. The van der Waals surface area contributed by atoms with Gasteiger partial charge in [0.05, 0.1) is 12.6 Å². The topological polar surface area (TPSA) is 88.2 Å². The van der Waals surface area contributed by atoms with Crippen molar-refractivity contribution in [3.05, 3.63) is 35.3 Å². The number of amides is 1. The van der Waals surface area contributed by atoms with Gasteiger partial charge in [0.2, 0.25) is 5.91 Å². The van der Waals surface area contributed by atoms with Crippen LogP contribution in [0.4, 0.5) is 0 Å². The largest absolute Gasteiger partial charge is 0.465 e. The Morgan fingerprint density at radius 3 is 2.91 bits per heavy atom. The van der Waals surface area contributed by atoms with E-state index < -0.39 is 0 Å². The van der Waals surface area contributed by atoms with E-state index in [1.807, 2.05) is 30.9 Å². The van der Waals surface area contributed by atoms with Crippen LogP contribution in [0.5, 0.6) is 0 Å². The van der Waals surface area contributed by atoms with Gasteiger partial charge in [-0.15, -0.1) is 10.2 Å². The number of carbonyl (C=O) groups excluding carboxylic acids is 1. The molecule has 23 heavy (non-hydrogen) atoms. The molecule has 4 rings (SSSR count). The van der Waals surface area contributed by atoms with Gasteiger partial charge in [0, 0.05) is 13.1 Å². The second-order valence-electron chi connectivity index (χ2n) is 6.15. The van der Waals surface area contributed by atoms with Crippen molar-refractivity contribution >= 4 is 5.91 Å². The molecule has 0 aromatic carbocycles. The zero-order chi connectivity index (χ0) is 16.0. The Hall–Kier alpha value is -2.19. The highest BCUT2D eigenvalue weighted by Crippen LogP contribution is 2.25. The number of aryl methyl sites for hydroxylation is 2. The number of carbonyl (C=O) groups is 1. The van der Waals surface area contributed by atoms with Gasteiger partial charge in [0.25, 0.3) is 0 Å². The Balaban J connectivity index is 1.42. The summed E-state index contributed by atoms with van der Waals surface area (Å²) in [5.74, 6) is 3.59. The lowest BCUT2D eigenvalue weighted by Gasteiger charge is -2.29. The van der Waals surface area contributed by atoms with E-state index in [4.69, 9.17) is 4.42 Å². The highest BCUT2D eigenvalue weighted by Gasteiger charge is 2.35. The molecule has 2 N–H and O–H groups in total. The molecular weight excluding hydrogens is 296 g/mol. The molecule has 1 amide bonds. The van der Waals surface area contributed by atoms with Crippen LogP contribution in [0.25, 0.3) is 0 Å². The van der Waals surface area contributed by atoms with Gasteiger partial charge < -0.3 is 13.9 Å². The summed E-state index contributed by atoms with van der Waals surface area (Å²) in [6.45, 7) is 5.81. The molecule has 2 unspecified atom stereocenters. The van der Waals surface area contributed by atoms with Gasteiger partial charge in [-0.3, -0.25) is 4.79 Å². The fourth-order valence-corrected chi connectivity index (χ4v) is 3.26. The summed E-state index contributed by atoms with van der Waals surface area (Å²) in [5, 5.41) is 8.23. The third kappa shape index (κ3) is 2.53. The SMILES string of the molecule is Cc1ccc(C2CC(C(=O)N3CCn4c(C)nnc4C3)NN2)o1. The van der Waals surface area contributed by atoms with Gasteiger partial charge in [0.15, 0.2) is 5.82 Å². The van der Waals surface area contributed by atoms with Gasteiger partial charge in [-0.25, -0.2) is 10.9 Å². The number of furan rings is 1. The Labute approximate surface area is 133 Å². The smallest absolute Gasteiger partial charge is 0.241 e. The fourth-order valence-electron chi connectivity index (χ4n) is 3.26. The van der Waals surface area contributed by atoms with Crippen LogP contribution in [0.2, 0.25) is 0 Å². The summed E-state index contributed by atoms with van der Waals surface area (Å²) in [6.07, 6.45) is 0.675. The predicted molar refractivity (Wildman–Crippen MR) is 81.0 cm³/mol. The predicted octanol–water partition coefficient (Wildman–Crippen LogP) is 0.438. The van der Waals surface area contributed by atoms with E-state index in [0.717, 1.165) is 29.7 Å². The standard InChI is InChI=1S/C15H20N6O2/c1-9-3-4-13(23-9)11-7-12(18-17-11)15(22)20-5-6-21-10(2)16-19-14(21)8-20/h3-4,11-12,17-18H,5-8H2,1-2H3. The first-order valence-corrected chi connectivity index (χ1v) is 7.86. The minimum atomic E-state index is -0.249. The number of hydrogen-bond acceptors (Lipinski definition) is 6. The Kier molecular flexibility index (Phi) is 3.42. The van der Waals surface area contributed by atoms with E-state index in [9.17, 15) is 4.79 Å². The summed E-state index contributed by atoms with van der Waals surface area (Å²) in [5.41, 5.74) is 6.25. The van der Waals surface area contributed by atoms with Crippen LogP contribution < -0.4 is 10.9 Å². The molecule has 0 spiro atoms. The Morgan fingerprint density at radius 2 is 2.13 bits per heavy atom. The average molecular weight is 316 g/mol. The van der Waals surface area contributed by atoms with E-state index in [0.29, 0.717) is 19.5 Å². The van der Waals surface area contributed by atoms with E-state index in [-0.39, 0.29) is 18.0 Å². The third-order valence-corrected chi connectivity index (χ3v) is 4.56. The lowest BCUT2D eigenvalue weighted by Crippen LogP contribution is -2.48. The summed E-state index contributed by atoms with van der Waals surface area (Å²) in [6, 6.07) is 3.66. The average Bonchev–Trinajstić information content (AvgIpc) is 3.26. The molecule has 122 valence electrons. The lowest BCUT2D eigenvalue weighted by molar-refractivity contribution is -0.134. The van der Waals surface area contributed by atoms with Gasteiger partial charge in [-0.2, -0.15) is 0 Å². The van der Waals surface area contributed by atoms with Gasteiger partial charge in [-0.1, -0.05) is 0 Å². The number of fused-ring (bicyclic) bond motifs is 1. The summed E-state index contributed by atoms with van der Waals surface area (Å²) < 4.78 is 7.71. The van der Waals surface area contributed by atoms with Crippen molar-refractivity contribution < 1.29 is 9.21 Å². The maximum Gasteiger partial charge on any atom is 0.241 e. The molecule has 1 fully saturated rings. The molecule has 0 aliphatic carbocycles. The van der Waals surface area contributed by atoms with Crippen molar-refractivity contribution in [1.29, 1.82) is 0 Å². The molecule has 2 aliphatic rings. The molecule has 4 heterocycles. The van der Waals surface area contributed by atoms with Crippen molar-refractivity contribution in [3.8, 4) is 0 Å². The number of aromatic nitrogens is 3. The molecule has 2 aromatic rings. The normalized spacial score (nSPS) is 24.0. The molecule has 2 atom stereocenters. The van der Waals surface area contributed by atoms with Crippen molar-refractivity contribution in [2.75, 3.05) is 6.54 Å². The van der Waals surface area contributed by atoms with Gasteiger partial charge >= 0.3 is 0 Å². The Morgan fingerprint density at radius 1 is 1.26 bits per heavy atom. The van der Waals surface area contributed by atoms with Crippen LogP contribution in [-0.2, 0) is 17.9 Å². The maximum absolute atomic E-state index is 12.7. The molecule has 1 saturated heterocycles. The first-order valence-electron chi connectivity index (χ1n) is 7.86. The van der Waals surface area contributed by atoms with E-state index in [2.05, 4.69) is 25.6 Å². The van der Waals surface area contributed by atoms with Crippen molar-refractivity contribution in [2.24, 2.45) is 0 Å². The molecular formula is C15H20N6O2. The van der Waals surface area contributed by atoms with E-state index in [1.165, 1.54) is 0 Å². The fraction of sp³-hybridized carbons (Fsp3) is 0.533. The quantitative estimate of drug-likeness (QED) is 0.836. The number of nitrogens with zero attached hydrogens (tertiary/aromatic N) is 4. The van der Waals surface area contributed by atoms with Crippen LogP contribution in [-0.4, -0.2) is 38.2 Å². The van der Waals surface area contributed by atoms with Gasteiger partial charge in [-0.05, 0) is 32.4 Å². The highest BCUT2D eigenvalue weighted by molar-refractivity contribution is 5.82. The summed E-state index contributed by atoms with van der Waals surface area (Å²) in [7, 11) is 0. The van der Waals surface area contributed by atoms with Crippen LogP contribution in [0, 0.1) is 13.8 Å². The van der Waals surface area contributed by atoms with Crippen molar-refractivity contribution in [1.82, 2.24) is 30.5 Å². The lowest BCUT2D eigenvalue weighted by atomic mass is 10.1. The number of hydrazine groups is 1. The highest BCUT2D eigenvalue weighted by atomic mass is 16.3. The number of hydrogen-bond donors (Lipinski definition) is 2. The zero-order valence-corrected chi connectivity index (χ0v) is 13.2. The number of rotatable bonds is 2. The van der Waals surface area contributed by atoms with Crippen LogP contribution in [0.15, 0.2) is 16.5 Å².